The van der Waals surface area contributed by atoms with Gasteiger partial charge in [0.1, 0.15) is 0 Å². The molecule has 0 atom stereocenters. The summed E-state index contributed by atoms with van der Waals surface area (Å²) in [5, 5.41) is 20.8. The van der Waals surface area contributed by atoms with Gasteiger partial charge in [0.2, 0.25) is 5.91 Å². The highest BCUT2D eigenvalue weighted by molar-refractivity contribution is 6.60. The highest BCUT2D eigenvalue weighted by Crippen LogP contribution is 2.20. The summed E-state index contributed by atoms with van der Waals surface area (Å²) in [6, 6.07) is 5.22. The van der Waals surface area contributed by atoms with Crippen molar-refractivity contribution < 1.29 is 14.8 Å². The van der Waals surface area contributed by atoms with Gasteiger partial charge in [-0.2, -0.15) is 0 Å². The summed E-state index contributed by atoms with van der Waals surface area (Å²) in [6.07, 6.45) is 1.11. The van der Waals surface area contributed by atoms with Crippen molar-refractivity contribution in [2.75, 3.05) is 5.32 Å². The number of anilines is 1. The van der Waals surface area contributed by atoms with Crippen LogP contribution in [0, 0.1) is 0 Å². The third-order valence-electron chi connectivity index (χ3n) is 2.35. The van der Waals surface area contributed by atoms with Crippen molar-refractivity contribution in [1.82, 2.24) is 0 Å². The van der Waals surface area contributed by atoms with E-state index in [-0.39, 0.29) is 5.91 Å². The first kappa shape index (κ1) is 9.24. The molecule has 0 saturated carbocycles. The molecule has 1 aliphatic rings. The van der Waals surface area contributed by atoms with Crippen molar-refractivity contribution in [3.63, 3.8) is 0 Å². The molecule has 1 aromatic carbocycles. The van der Waals surface area contributed by atoms with Gasteiger partial charge in [-0.3, -0.25) is 4.79 Å². The Hall–Kier alpha value is -1.33. The van der Waals surface area contributed by atoms with Gasteiger partial charge in [0.15, 0.2) is 0 Å². The fourth-order valence-corrected chi connectivity index (χ4v) is 1.65. The molecular weight excluding hydrogens is 181 g/mol. The van der Waals surface area contributed by atoms with E-state index in [1.54, 1.807) is 12.1 Å². The van der Waals surface area contributed by atoms with Crippen LogP contribution in [0.2, 0.25) is 0 Å². The summed E-state index contributed by atoms with van der Waals surface area (Å²) >= 11 is 0. The SMILES string of the molecule is O=C1CCc2cccc(B(O)O)c2N1. The van der Waals surface area contributed by atoms with Gasteiger partial charge in [0.05, 0.1) is 0 Å². The number of hydrogen-bond donors (Lipinski definition) is 3. The van der Waals surface area contributed by atoms with Gasteiger partial charge in [0, 0.05) is 17.6 Å². The van der Waals surface area contributed by atoms with Crippen molar-refractivity contribution in [3.8, 4) is 0 Å². The van der Waals surface area contributed by atoms with E-state index in [1.165, 1.54) is 0 Å². The molecule has 1 heterocycles. The van der Waals surface area contributed by atoms with Crippen LogP contribution in [0.5, 0.6) is 0 Å². The van der Waals surface area contributed by atoms with Crippen LogP contribution in [-0.4, -0.2) is 23.1 Å². The van der Waals surface area contributed by atoms with Crippen LogP contribution in [-0.2, 0) is 11.2 Å². The monoisotopic (exact) mass is 191 g/mol. The number of carbonyl (C=O) groups excluding carboxylic acids is 1. The van der Waals surface area contributed by atoms with E-state index < -0.39 is 7.12 Å². The lowest BCUT2D eigenvalue weighted by molar-refractivity contribution is -0.116. The summed E-state index contributed by atoms with van der Waals surface area (Å²) in [5.41, 5.74) is 1.87. The van der Waals surface area contributed by atoms with Crippen LogP contribution in [0.4, 0.5) is 5.69 Å². The molecule has 72 valence electrons. The number of amides is 1. The van der Waals surface area contributed by atoms with Crippen molar-refractivity contribution >= 4 is 24.2 Å². The first-order valence-electron chi connectivity index (χ1n) is 4.46. The van der Waals surface area contributed by atoms with Crippen LogP contribution in [0.25, 0.3) is 0 Å². The molecule has 0 unspecified atom stereocenters. The Morgan fingerprint density at radius 2 is 2.07 bits per heavy atom. The fourth-order valence-electron chi connectivity index (χ4n) is 1.65. The van der Waals surface area contributed by atoms with Crippen LogP contribution in [0.1, 0.15) is 12.0 Å². The average molecular weight is 191 g/mol. The summed E-state index contributed by atoms with van der Waals surface area (Å²) in [6.45, 7) is 0. The van der Waals surface area contributed by atoms with E-state index in [0.29, 0.717) is 24.0 Å². The summed E-state index contributed by atoms with van der Waals surface area (Å²) in [7, 11) is -1.54. The fraction of sp³-hybridized carbons (Fsp3) is 0.222. The van der Waals surface area contributed by atoms with E-state index in [1.807, 2.05) is 6.07 Å². The van der Waals surface area contributed by atoms with Gasteiger partial charge in [-0.25, -0.2) is 0 Å². The Morgan fingerprint density at radius 3 is 2.79 bits per heavy atom. The molecule has 1 aliphatic heterocycles. The molecule has 14 heavy (non-hydrogen) atoms. The van der Waals surface area contributed by atoms with Crippen LogP contribution in [0.3, 0.4) is 0 Å². The first-order chi connectivity index (χ1) is 6.68. The van der Waals surface area contributed by atoms with Crippen LogP contribution < -0.4 is 10.8 Å². The second kappa shape index (κ2) is 3.44. The van der Waals surface area contributed by atoms with Gasteiger partial charge in [-0.15, -0.1) is 0 Å². The van der Waals surface area contributed by atoms with Crippen molar-refractivity contribution in [1.29, 1.82) is 0 Å². The second-order valence-corrected chi connectivity index (χ2v) is 3.30. The van der Waals surface area contributed by atoms with Gasteiger partial charge in [-0.1, -0.05) is 18.2 Å². The quantitative estimate of drug-likeness (QED) is 0.511. The molecular formula is C9H10BNO3. The minimum absolute atomic E-state index is 0.0781. The zero-order valence-electron chi connectivity index (χ0n) is 7.53. The van der Waals surface area contributed by atoms with E-state index in [0.717, 1.165) is 5.56 Å². The van der Waals surface area contributed by atoms with E-state index in [2.05, 4.69) is 5.32 Å². The number of fused-ring (bicyclic) bond motifs is 1. The number of carbonyl (C=O) groups is 1. The molecule has 1 amide bonds. The van der Waals surface area contributed by atoms with E-state index in [4.69, 9.17) is 10.0 Å². The predicted molar refractivity (Wildman–Crippen MR) is 53.2 cm³/mol. The number of benzene rings is 1. The van der Waals surface area contributed by atoms with E-state index in [9.17, 15) is 4.79 Å². The first-order valence-corrected chi connectivity index (χ1v) is 4.46. The summed E-state index contributed by atoms with van der Waals surface area (Å²) in [4.78, 5) is 11.1. The topological polar surface area (TPSA) is 69.6 Å². The number of para-hydroxylation sites is 1. The number of nitrogens with one attached hydrogen (secondary N) is 1. The number of hydrogen-bond acceptors (Lipinski definition) is 3. The molecule has 0 spiro atoms. The minimum Gasteiger partial charge on any atom is -0.423 e. The lowest BCUT2D eigenvalue weighted by Gasteiger charge is -2.19. The Morgan fingerprint density at radius 1 is 1.29 bits per heavy atom. The largest absolute Gasteiger partial charge is 0.490 e. The normalized spacial score (nSPS) is 14.6. The molecule has 0 aromatic heterocycles. The lowest BCUT2D eigenvalue weighted by Crippen LogP contribution is -2.36. The Bertz CT molecular complexity index is 378. The minimum atomic E-state index is -1.54. The smallest absolute Gasteiger partial charge is 0.423 e. The molecule has 0 radical (unpaired) electrons. The third kappa shape index (κ3) is 1.52. The Labute approximate surface area is 81.7 Å². The average Bonchev–Trinajstić information content (AvgIpc) is 2.16. The van der Waals surface area contributed by atoms with Crippen LogP contribution >= 0.6 is 0 Å². The highest BCUT2D eigenvalue weighted by Gasteiger charge is 2.22. The molecule has 1 aromatic rings. The molecule has 0 aliphatic carbocycles. The Kier molecular flexibility index (Phi) is 2.27. The molecule has 4 nitrogen and oxygen atoms in total. The van der Waals surface area contributed by atoms with Crippen molar-refractivity contribution in [2.24, 2.45) is 0 Å². The van der Waals surface area contributed by atoms with Crippen molar-refractivity contribution in [3.05, 3.63) is 23.8 Å². The third-order valence-corrected chi connectivity index (χ3v) is 2.35. The summed E-state index contributed by atoms with van der Waals surface area (Å²) in [5.74, 6) is -0.0781. The predicted octanol–water partition coefficient (Wildman–Crippen LogP) is -0.749. The maximum Gasteiger partial charge on any atom is 0.490 e. The molecule has 3 N–H and O–H groups in total. The Balaban J connectivity index is 2.48. The standard InChI is InChI=1S/C9H10BNO3/c12-8-5-4-6-2-1-3-7(10(13)14)9(6)11-8/h1-3,13-14H,4-5H2,(H,11,12). The molecule has 0 fully saturated rings. The molecule has 0 bridgehead atoms. The zero-order chi connectivity index (χ0) is 10.1. The maximum atomic E-state index is 11.1. The van der Waals surface area contributed by atoms with Gasteiger partial charge >= 0.3 is 7.12 Å². The number of aryl methyl sites for hydroxylation is 1. The lowest BCUT2D eigenvalue weighted by atomic mass is 9.77. The van der Waals surface area contributed by atoms with E-state index >= 15 is 0 Å². The van der Waals surface area contributed by atoms with Crippen molar-refractivity contribution in [2.45, 2.75) is 12.8 Å². The number of rotatable bonds is 1. The maximum absolute atomic E-state index is 11.1. The zero-order valence-corrected chi connectivity index (χ0v) is 7.53. The van der Waals surface area contributed by atoms with Crippen LogP contribution in [0.15, 0.2) is 18.2 Å². The highest BCUT2D eigenvalue weighted by atomic mass is 16.4. The summed E-state index contributed by atoms with van der Waals surface area (Å²) < 4.78 is 0. The molecule has 5 heteroatoms. The second-order valence-electron chi connectivity index (χ2n) is 3.30. The molecule has 2 rings (SSSR count). The van der Waals surface area contributed by atoms with Gasteiger partial charge < -0.3 is 15.4 Å². The van der Waals surface area contributed by atoms with Gasteiger partial charge in [0.25, 0.3) is 0 Å². The van der Waals surface area contributed by atoms with Gasteiger partial charge in [-0.05, 0) is 12.0 Å². The molecule has 0 saturated heterocycles.